The van der Waals surface area contributed by atoms with E-state index < -0.39 is 5.91 Å². The molecule has 0 aliphatic heterocycles. The number of nitriles is 1. The lowest BCUT2D eigenvalue weighted by molar-refractivity contribution is -0.117. The Hall–Kier alpha value is -2.97. The van der Waals surface area contributed by atoms with Crippen LogP contribution < -0.4 is 10.1 Å². The number of phenolic OH excluding ortho intramolecular Hbond substituents is 1. The van der Waals surface area contributed by atoms with E-state index in [1.54, 1.807) is 6.92 Å². The Morgan fingerprint density at radius 3 is 2.73 bits per heavy atom. The summed E-state index contributed by atoms with van der Waals surface area (Å²) in [5.41, 5.74) is 1.54. The van der Waals surface area contributed by atoms with E-state index in [1.165, 1.54) is 18.2 Å². The number of amides is 1. The van der Waals surface area contributed by atoms with Gasteiger partial charge in [0.1, 0.15) is 11.6 Å². The first-order valence-electron chi connectivity index (χ1n) is 8.14. The van der Waals surface area contributed by atoms with Crippen molar-refractivity contribution >= 4 is 23.6 Å². The molecule has 0 bridgehead atoms. The number of carbonyl (C=O) groups excluding carboxylic acids is 1. The van der Waals surface area contributed by atoms with Crippen molar-refractivity contribution in [2.45, 2.75) is 13.3 Å². The SMILES string of the molecule is CCOc1cc(C=C(C#N)C(=O)NCCc2ccccc2)cc(Cl)c1O. The molecule has 2 rings (SSSR count). The Labute approximate surface area is 157 Å². The van der Waals surface area contributed by atoms with Crippen LogP contribution in [0.2, 0.25) is 5.02 Å². The van der Waals surface area contributed by atoms with Crippen molar-refractivity contribution in [1.29, 1.82) is 5.26 Å². The molecule has 0 saturated heterocycles. The van der Waals surface area contributed by atoms with Crippen molar-refractivity contribution < 1.29 is 14.6 Å². The van der Waals surface area contributed by atoms with Gasteiger partial charge in [-0.2, -0.15) is 5.26 Å². The van der Waals surface area contributed by atoms with E-state index >= 15 is 0 Å². The third kappa shape index (κ3) is 5.27. The standard InChI is InChI=1S/C20H19ClN2O3/c1-2-26-18-12-15(11-17(21)19(18)24)10-16(13-22)20(25)23-9-8-14-6-4-3-5-7-14/h3-7,10-12,24H,2,8-9H2,1H3,(H,23,25). The Morgan fingerprint density at radius 1 is 1.35 bits per heavy atom. The van der Waals surface area contributed by atoms with Gasteiger partial charge in [0, 0.05) is 6.54 Å². The number of phenols is 1. The number of halogens is 1. The van der Waals surface area contributed by atoms with E-state index in [0.29, 0.717) is 25.1 Å². The molecule has 0 aliphatic carbocycles. The molecule has 0 heterocycles. The summed E-state index contributed by atoms with van der Waals surface area (Å²) in [6.07, 6.45) is 2.08. The Morgan fingerprint density at radius 2 is 2.08 bits per heavy atom. The predicted octanol–water partition coefficient (Wildman–Crippen LogP) is 3.71. The number of aromatic hydroxyl groups is 1. The maximum absolute atomic E-state index is 12.2. The average molecular weight is 371 g/mol. The Kier molecular flexibility index (Phi) is 7.07. The summed E-state index contributed by atoms with van der Waals surface area (Å²) in [4.78, 5) is 12.2. The number of rotatable bonds is 7. The molecule has 1 amide bonds. The molecule has 134 valence electrons. The number of nitrogens with zero attached hydrogens (tertiary/aromatic N) is 1. The maximum Gasteiger partial charge on any atom is 0.261 e. The normalized spacial score (nSPS) is 10.9. The van der Waals surface area contributed by atoms with Crippen LogP contribution in [0, 0.1) is 11.3 Å². The molecule has 6 heteroatoms. The number of hydrogen-bond donors (Lipinski definition) is 2. The Bertz CT molecular complexity index is 842. The number of benzene rings is 2. The van der Waals surface area contributed by atoms with Crippen LogP contribution in [0.3, 0.4) is 0 Å². The fourth-order valence-electron chi connectivity index (χ4n) is 2.32. The molecule has 2 aromatic carbocycles. The third-order valence-corrected chi connectivity index (χ3v) is 3.86. The first-order chi connectivity index (χ1) is 12.5. The molecule has 0 aromatic heterocycles. The summed E-state index contributed by atoms with van der Waals surface area (Å²) in [6.45, 7) is 2.54. The van der Waals surface area contributed by atoms with Crippen LogP contribution in [-0.2, 0) is 11.2 Å². The first-order valence-corrected chi connectivity index (χ1v) is 8.52. The van der Waals surface area contributed by atoms with Gasteiger partial charge in [-0.05, 0) is 42.7 Å². The lowest BCUT2D eigenvalue weighted by atomic mass is 10.1. The minimum Gasteiger partial charge on any atom is -0.503 e. The van der Waals surface area contributed by atoms with Gasteiger partial charge >= 0.3 is 0 Å². The van der Waals surface area contributed by atoms with Crippen LogP contribution in [0.15, 0.2) is 48.0 Å². The second-order valence-electron chi connectivity index (χ2n) is 5.44. The monoisotopic (exact) mass is 370 g/mol. The molecule has 2 aromatic rings. The molecule has 0 fully saturated rings. The third-order valence-electron chi connectivity index (χ3n) is 3.57. The van der Waals surface area contributed by atoms with E-state index in [2.05, 4.69) is 5.32 Å². The highest BCUT2D eigenvalue weighted by Gasteiger charge is 2.12. The van der Waals surface area contributed by atoms with Crippen molar-refractivity contribution in [2.75, 3.05) is 13.2 Å². The van der Waals surface area contributed by atoms with Gasteiger partial charge in [0.25, 0.3) is 5.91 Å². The van der Waals surface area contributed by atoms with Crippen molar-refractivity contribution in [2.24, 2.45) is 0 Å². The highest BCUT2D eigenvalue weighted by atomic mass is 35.5. The van der Waals surface area contributed by atoms with E-state index in [-0.39, 0.29) is 22.1 Å². The number of nitrogens with one attached hydrogen (secondary N) is 1. The van der Waals surface area contributed by atoms with Crippen LogP contribution in [0.1, 0.15) is 18.1 Å². The summed E-state index contributed by atoms with van der Waals surface area (Å²) in [5.74, 6) is -0.435. The highest BCUT2D eigenvalue weighted by Crippen LogP contribution is 2.35. The topological polar surface area (TPSA) is 82.3 Å². The average Bonchev–Trinajstić information content (AvgIpc) is 2.64. The lowest BCUT2D eigenvalue weighted by Gasteiger charge is -2.09. The van der Waals surface area contributed by atoms with E-state index in [1.807, 2.05) is 36.4 Å². The lowest BCUT2D eigenvalue weighted by Crippen LogP contribution is -2.26. The molecular weight excluding hydrogens is 352 g/mol. The summed E-state index contributed by atoms with van der Waals surface area (Å²) in [7, 11) is 0. The van der Waals surface area contributed by atoms with Gasteiger partial charge in [-0.3, -0.25) is 4.79 Å². The van der Waals surface area contributed by atoms with Crippen molar-refractivity contribution in [3.8, 4) is 17.6 Å². The summed E-state index contributed by atoms with van der Waals surface area (Å²) >= 11 is 5.97. The van der Waals surface area contributed by atoms with E-state index in [4.69, 9.17) is 16.3 Å². The minimum absolute atomic E-state index is 0.0535. The largest absolute Gasteiger partial charge is 0.503 e. The van der Waals surface area contributed by atoms with Crippen molar-refractivity contribution in [3.63, 3.8) is 0 Å². The van der Waals surface area contributed by atoms with E-state index in [0.717, 1.165) is 5.56 Å². The fraction of sp³-hybridized carbons (Fsp3) is 0.200. The van der Waals surface area contributed by atoms with Gasteiger partial charge in [0.05, 0.1) is 11.6 Å². The van der Waals surface area contributed by atoms with Crippen LogP contribution in [0.5, 0.6) is 11.5 Å². The van der Waals surface area contributed by atoms with Gasteiger partial charge in [-0.25, -0.2) is 0 Å². The molecule has 2 N–H and O–H groups in total. The molecule has 0 aliphatic rings. The van der Waals surface area contributed by atoms with Crippen LogP contribution in [0.25, 0.3) is 6.08 Å². The smallest absolute Gasteiger partial charge is 0.261 e. The molecule has 0 radical (unpaired) electrons. The zero-order valence-corrected chi connectivity index (χ0v) is 15.1. The van der Waals surface area contributed by atoms with E-state index in [9.17, 15) is 15.2 Å². The fourth-order valence-corrected chi connectivity index (χ4v) is 2.54. The number of carbonyl (C=O) groups is 1. The van der Waals surface area contributed by atoms with Gasteiger partial charge in [0.2, 0.25) is 0 Å². The van der Waals surface area contributed by atoms with Crippen LogP contribution in [0.4, 0.5) is 0 Å². The van der Waals surface area contributed by atoms with Crippen LogP contribution in [-0.4, -0.2) is 24.2 Å². The molecule has 26 heavy (non-hydrogen) atoms. The number of ether oxygens (including phenoxy) is 1. The number of hydrogen-bond acceptors (Lipinski definition) is 4. The maximum atomic E-state index is 12.2. The molecule has 0 atom stereocenters. The summed E-state index contributed by atoms with van der Waals surface area (Å²) in [5, 5.41) is 21.9. The molecule has 0 unspecified atom stereocenters. The van der Waals surface area contributed by atoms with Crippen molar-refractivity contribution in [1.82, 2.24) is 5.32 Å². The van der Waals surface area contributed by atoms with Gasteiger partial charge in [-0.15, -0.1) is 0 Å². The molecule has 5 nitrogen and oxygen atoms in total. The Balaban J connectivity index is 2.09. The quantitative estimate of drug-likeness (QED) is 0.575. The molecule has 0 saturated carbocycles. The predicted molar refractivity (Wildman–Crippen MR) is 101 cm³/mol. The minimum atomic E-state index is -0.467. The zero-order chi connectivity index (χ0) is 18.9. The van der Waals surface area contributed by atoms with Crippen LogP contribution >= 0.6 is 11.6 Å². The van der Waals surface area contributed by atoms with Gasteiger partial charge < -0.3 is 15.2 Å². The van der Waals surface area contributed by atoms with Gasteiger partial charge in [0.15, 0.2) is 11.5 Å². The summed E-state index contributed by atoms with van der Waals surface area (Å²) < 4.78 is 5.30. The second-order valence-corrected chi connectivity index (χ2v) is 5.85. The highest BCUT2D eigenvalue weighted by molar-refractivity contribution is 6.32. The van der Waals surface area contributed by atoms with Crippen molar-refractivity contribution in [3.05, 3.63) is 64.2 Å². The second kappa shape index (κ2) is 9.50. The first kappa shape index (κ1) is 19.4. The van der Waals surface area contributed by atoms with Gasteiger partial charge in [-0.1, -0.05) is 41.9 Å². The molecule has 0 spiro atoms. The molecular formula is C20H19ClN2O3. The zero-order valence-electron chi connectivity index (χ0n) is 14.3. The summed E-state index contributed by atoms with van der Waals surface area (Å²) in [6, 6.07) is 14.6.